The topological polar surface area (TPSA) is 78.7 Å². The molecule has 0 unspecified atom stereocenters. The van der Waals surface area contributed by atoms with Crippen LogP contribution in [0.4, 0.5) is 5.69 Å². The fraction of sp³-hybridized carbons (Fsp3) is 0.412. The summed E-state index contributed by atoms with van der Waals surface area (Å²) in [5.74, 6) is 0.763. The van der Waals surface area contributed by atoms with Gasteiger partial charge >= 0.3 is 0 Å². The minimum absolute atomic E-state index is 0.0409. The number of nitrogens with one attached hydrogen (secondary N) is 1. The summed E-state index contributed by atoms with van der Waals surface area (Å²) in [6.45, 7) is 4.20. The molecule has 1 aliphatic heterocycles. The van der Waals surface area contributed by atoms with Crippen molar-refractivity contribution in [2.24, 2.45) is 12.0 Å². The Bertz CT molecular complexity index is 766. The Morgan fingerprint density at radius 1 is 1.32 bits per heavy atom. The Kier molecular flexibility index (Phi) is 4.97. The fourth-order valence-electron chi connectivity index (χ4n) is 2.79. The molecule has 1 aliphatic rings. The lowest BCUT2D eigenvalue weighted by atomic mass is 10.2. The molecule has 8 nitrogen and oxygen atoms in total. The summed E-state index contributed by atoms with van der Waals surface area (Å²) >= 11 is 0. The standard InChI is InChI=1S/C17H23N7O/c1-13-4-5-14(8-19-13)9-20-17(18-2)23-6-7-24(16(25)12-23)15-10-21-22(3)11-15/h4-5,8,10-11H,6-7,9,12H2,1-3H3,(H,18,20). The van der Waals surface area contributed by atoms with E-state index in [1.165, 1.54) is 0 Å². The first-order chi connectivity index (χ1) is 12.1. The Morgan fingerprint density at radius 2 is 2.16 bits per heavy atom. The molecule has 0 aliphatic carbocycles. The van der Waals surface area contributed by atoms with Crippen molar-refractivity contribution >= 4 is 17.6 Å². The van der Waals surface area contributed by atoms with Crippen LogP contribution in [0, 0.1) is 6.92 Å². The van der Waals surface area contributed by atoms with Gasteiger partial charge in [-0.2, -0.15) is 5.10 Å². The highest BCUT2D eigenvalue weighted by Gasteiger charge is 2.27. The number of carbonyl (C=O) groups excluding carboxylic acids is 1. The molecule has 0 saturated carbocycles. The maximum atomic E-state index is 12.5. The van der Waals surface area contributed by atoms with Gasteiger partial charge in [0, 0.05) is 51.8 Å². The van der Waals surface area contributed by atoms with Crippen molar-refractivity contribution in [1.29, 1.82) is 0 Å². The van der Waals surface area contributed by atoms with Gasteiger partial charge in [-0.3, -0.25) is 19.5 Å². The molecule has 0 spiro atoms. The number of guanidine groups is 1. The monoisotopic (exact) mass is 341 g/mol. The Morgan fingerprint density at radius 3 is 2.76 bits per heavy atom. The van der Waals surface area contributed by atoms with Crippen LogP contribution in [-0.2, 0) is 18.4 Å². The molecular weight excluding hydrogens is 318 g/mol. The average molecular weight is 341 g/mol. The molecule has 0 aromatic carbocycles. The highest BCUT2D eigenvalue weighted by atomic mass is 16.2. The highest BCUT2D eigenvalue weighted by molar-refractivity contribution is 5.98. The lowest BCUT2D eigenvalue weighted by Gasteiger charge is -2.35. The van der Waals surface area contributed by atoms with Crippen LogP contribution < -0.4 is 10.2 Å². The van der Waals surface area contributed by atoms with Crippen LogP contribution in [0.5, 0.6) is 0 Å². The number of aliphatic imine (C=N–C) groups is 1. The van der Waals surface area contributed by atoms with E-state index in [1.54, 1.807) is 22.8 Å². The van der Waals surface area contributed by atoms with Crippen molar-refractivity contribution in [2.45, 2.75) is 13.5 Å². The van der Waals surface area contributed by atoms with E-state index in [2.05, 4.69) is 20.4 Å². The van der Waals surface area contributed by atoms with Gasteiger partial charge in [0.2, 0.25) is 5.91 Å². The molecule has 3 heterocycles. The molecule has 0 atom stereocenters. The van der Waals surface area contributed by atoms with Gasteiger partial charge in [-0.1, -0.05) is 6.07 Å². The highest BCUT2D eigenvalue weighted by Crippen LogP contribution is 2.16. The van der Waals surface area contributed by atoms with Crippen LogP contribution in [0.15, 0.2) is 35.7 Å². The van der Waals surface area contributed by atoms with E-state index in [9.17, 15) is 4.79 Å². The van der Waals surface area contributed by atoms with Gasteiger partial charge in [0.25, 0.3) is 0 Å². The zero-order valence-electron chi connectivity index (χ0n) is 14.8. The van der Waals surface area contributed by atoms with Gasteiger partial charge in [0.05, 0.1) is 11.9 Å². The number of hydrogen-bond donors (Lipinski definition) is 1. The normalized spacial score (nSPS) is 15.6. The van der Waals surface area contributed by atoms with Crippen molar-refractivity contribution in [3.8, 4) is 0 Å². The quantitative estimate of drug-likeness (QED) is 0.651. The second-order valence-electron chi connectivity index (χ2n) is 6.05. The maximum Gasteiger partial charge on any atom is 0.246 e. The van der Waals surface area contributed by atoms with Crippen molar-refractivity contribution in [1.82, 2.24) is 25.0 Å². The van der Waals surface area contributed by atoms with Gasteiger partial charge in [-0.25, -0.2) is 0 Å². The lowest BCUT2D eigenvalue weighted by Crippen LogP contribution is -2.55. The number of aryl methyl sites for hydroxylation is 2. The molecule has 3 rings (SSSR count). The van der Waals surface area contributed by atoms with Crippen molar-refractivity contribution in [3.05, 3.63) is 42.0 Å². The number of aromatic nitrogens is 3. The average Bonchev–Trinajstić information content (AvgIpc) is 3.03. The van der Waals surface area contributed by atoms with Crippen LogP contribution >= 0.6 is 0 Å². The van der Waals surface area contributed by atoms with Gasteiger partial charge in [-0.15, -0.1) is 0 Å². The molecule has 0 bridgehead atoms. The zero-order valence-corrected chi connectivity index (χ0v) is 14.8. The molecule has 132 valence electrons. The molecule has 0 radical (unpaired) electrons. The summed E-state index contributed by atoms with van der Waals surface area (Å²) in [7, 11) is 3.57. The second-order valence-corrected chi connectivity index (χ2v) is 6.05. The lowest BCUT2D eigenvalue weighted by molar-refractivity contribution is -0.120. The first-order valence-corrected chi connectivity index (χ1v) is 8.23. The predicted molar refractivity (Wildman–Crippen MR) is 96.3 cm³/mol. The first kappa shape index (κ1) is 16.9. The molecule has 8 heteroatoms. The number of carbonyl (C=O) groups is 1. The van der Waals surface area contributed by atoms with Crippen LogP contribution in [0.1, 0.15) is 11.3 Å². The van der Waals surface area contributed by atoms with Crippen LogP contribution in [0.25, 0.3) is 0 Å². The van der Waals surface area contributed by atoms with Crippen molar-refractivity contribution in [3.63, 3.8) is 0 Å². The third kappa shape index (κ3) is 3.96. The number of anilines is 1. The number of rotatable bonds is 3. The molecule has 1 N–H and O–H groups in total. The third-order valence-corrected chi connectivity index (χ3v) is 4.16. The van der Waals surface area contributed by atoms with E-state index in [0.29, 0.717) is 26.2 Å². The smallest absolute Gasteiger partial charge is 0.246 e. The van der Waals surface area contributed by atoms with Gasteiger partial charge in [0.1, 0.15) is 6.54 Å². The SMILES string of the molecule is CN=C(NCc1ccc(C)nc1)N1CCN(c2cnn(C)c2)C(=O)C1. The molecule has 1 saturated heterocycles. The molecular formula is C17H23N7O. The summed E-state index contributed by atoms with van der Waals surface area (Å²) in [6.07, 6.45) is 5.41. The van der Waals surface area contributed by atoms with Gasteiger partial charge in [0.15, 0.2) is 5.96 Å². The van der Waals surface area contributed by atoms with Crippen molar-refractivity contribution in [2.75, 3.05) is 31.6 Å². The molecule has 2 aromatic heterocycles. The summed E-state index contributed by atoms with van der Waals surface area (Å²) in [5, 5.41) is 7.44. The van der Waals surface area contributed by atoms with Crippen molar-refractivity contribution < 1.29 is 4.79 Å². The molecule has 1 amide bonds. The minimum atomic E-state index is 0.0409. The number of nitrogens with zero attached hydrogens (tertiary/aromatic N) is 6. The third-order valence-electron chi connectivity index (χ3n) is 4.16. The molecule has 2 aromatic rings. The number of hydrogen-bond acceptors (Lipinski definition) is 4. The van der Waals surface area contributed by atoms with E-state index < -0.39 is 0 Å². The summed E-state index contributed by atoms with van der Waals surface area (Å²) in [4.78, 5) is 24.8. The van der Waals surface area contributed by atoms with E-state index >= 15 is 0 Å². The van der Waals surface area contributed by atoms with Crippen LogP contribution in [0.3, 0.4) is 0 Å². The molecule has 1 fully saturated rings. The van der Waals surface area contributed by atoms with E-state index in [0.717, 1.165) is 22.9 Å². The van der Waals surface area contributed by atoms with Crippen LogP contribution in [0.2, 0.25) is 0 Å². The van der Waals surface area contributed by atoms with E-state index in [1.807, 2.05) is 43.4 Å². The second kappa shape index (κ2) is 7.33. The van der Waals surface area contributed by atoms with Gasteiger partial charge in [-0.05, 0) is 18.6 Å². The number of pyridine rings is 1. The predicted octanol–water partition coefficient (Wildman–Crippen LogP) is 0.548. The fourth-order valence-corrected chi connectivity index (χ4v) is 2.79. The molecule has 25 heavy (non-hydrogen) atoms. The maximum absolute atomic E-state index is 12.5. The number of amides is 1. The first-order valence-electron chi connectivity index (χ1n) is 8.23. The number of piperazine rings is 1. The zero-order chi connectivity index (χ0) is 17.8. The van der Waals surface area contributed by atoms with Gasteiger partial charge < -0.3 is 15.1 Å². The largest absolute Gasteiger partial charge is 0.352 e. The summed E-state index contributed by atoms with van der Waals surface area (Å²) in [6, 6.07) is 4.02. The Hall–Kier alpha value is -2.90. The van der Waals surface area contributed by atoms with Crippen LogP contribution in [-0.4, -0.2) is 58.2 Å². The summed E-state index contributed by atoms with van der Waals surface area (Å²) < 4.78 is 1.70. The summed E-state index contributed by atoms with van der Waals surface area (Å²) in [5.41, 5.74) is 2.90. The Balaban J connectivity index is 1.59. The van der Waals surface area contributed by atoms with E-state index in [4.69, 9.17) is 0 Å². The minimum Gasteiger partial charge on any atom is -0.352 e. The Labute approximate surface area is 147 Å². The van der Waals surface area contributed by atoms with E-state index in [-0.39, 0.29) is 5.91 Å².